The molecule has 76 valence electrons. The van der Waals surface area contributed by atoms with Crippen LogP contribution in [-0.2, 0) is 0 Å². The largest absolute Gasteiger partial charge is 0.381 e. The van der Waals surface area contributed by atoms with Gasteiger partial charge in [-0.3, -0.25) is 0 Å². The van der Waals surface area contributed by atoms with E-state index in [2.05, 4.69) is 28.4 Å². The van der Waals surface area contributed by atoms with Gasteiger partial charge in [-0.25, -0.2) is 4.98 Å². The smallest absolute Gasteiger partial charge is 0.104 e. The first-order valence-electron chi connectivity index (χ1n) is 4.58. The molecule has 3 heteroatoms. The quantitative estimate of drug-likeness (QED) is 0.732. The number of nitrogens with zero attached hydrogens (tertiary/aromatic N) is 2. The molecule has 0 radical (unpaired) electrons. The van der Waals surface area contributed by atoms with Crippen molar-refractivity contribution in [1.29, 1.82) is 0 Å². The van der Waals surface area contributed by atoms with Crippen molar-refractivity contribution in [3.8, 4) is 0 Å². The maximum absolute atomic E-state index is 4.30. The van der Waals surface area contributed by atoms with Crippen LogP contribution in [-0.4, -0.2) is 29.0 Å². The number of rotatable bonds is 2. The molecular weight excluding hydrogens is 174 g/mol. The van der Waals surface area contributed by atoms with Crippen LogP contribution in [0.4, 0.5) is 0 Å². The monoisotopic (exact) mass is 191 g/mol. The van der Waals surface area contributed by atoms with Gasteiger partial charge in [0.25, 0.3) is 0 Å². The molecule has 0 atom stereocenters. The van der Waals surface area contributed by atoms with E-state index < -0.39 is 0 Å². The summed E-state index contributed by atoms with van der Waals surface area (Å²) in [4.78, 5) is 9.42. The van der Waals surface area contributed by atoms with Crippen molar-refractivity contribution in [1.82, 2.24) is 14.9 Å². The van der Waals surface area contributed by atoms with E-state index in [0.29, 0.717) is 0 Å². The minimum atomic E-state index is 0.866. The van der Waals surface area contributed by atoms with E-state index in [0.717, 1.165) is 16.5 Å². The number of allylic oxidation sites excluding steroid dienone is 2. The van der Waals surface area contributed by atoms with Gasteiger partial charge in [0.05, 0.1) is 10.7 Å². The molecule has 0 spiro atoms. The van der Waals surface area contributed by atoms with Gasteiger partial charge in [-0.1, -0.05) is 6.58 Å². The van der Waals surface area contributed by atoms with Crippen LogP contribution < -0.4 is 10.7 Å². The fourth-order valence-corrected chi connectivity index (χ4v) is 1.04. The van der Waals surface area contributed by atoms with Gasteiger partial charge in [0.2, 0.25) is 0 Å². The summed E-state index contributed by atoms with van der Waals surface area (Å²) < 4.78 is 0. The Bertz CT molecular complexity index is 438. The van der Waals surface area contributed by atoms with Gasteiger partial charge in [0, 0.05) is 19.8 Å². The molecule has 0 aliphatic heterocycles. The molecule has 0 aliphatic carbocycles. The van der Waals surface area contributed by atoms with Crippen LogP contribution in [0.5, 0.6) is 0 Å². The van der Waals surface area contributed by atoms with Gasteiger partial charge in [-0.05, 0) is 26.0 Å². The molecule has 0 amide bonds. The number of aromatic nitrogens is 2. The van der Waals surface area contributed by atoms with E-state index in [1.807, 2.05) is 33.2 Å². The van der Waals surface area contributed by atoms with E-state index in [1.54, 1.807) is 0 Å². The maximum Gasteiger partial charge on any atom is 0.104 e. The molecule has 1 rings (SSSR count). The lowest BCUT2D eigenvalue weighted by Gasteiger charge is -2.10. The van der Waals surface area contributed by atoms with Crippen LogP contribution >= 0.6 is 0 Å². The van der Waals surface area contributed by atoms with Crippen LogP contribution in [0, 0.1) is 6.92 Å². The number of nitrogens with one attached hydrogen (secondary N) is 1. The molecule has 0 bridgehead atoms. The van der Waals surface area contributed by atoms with Gasteiger partial charge in [0.15, 0.2) is 0 Å². The normalized spacial score (nSPS) is 13.4. The predicted molar refractivity (Wildman–Crippen MR) is 60.0 cm³/mol. The summed E-state index contributed by atoms with van der Waals surface area (Å²) in [6.45, 7) is 7.85. The second-order valence-electron chi connectivity index (χ2n) is 3.56. The molecule has 1 aromatic heterocycles. The van der Waals surface area contributed by atoms with Gasteiger partial charge in [0.1, 0.15) is 5.82 Å². The standard InChI is InChI=1S/C11H17N3/c1-8(14(4)5)6-7-11-9(2)12-10(3)13-11/h6-7H,2H2,1,3-5H3,(H,12,13)/b8-6+,11-7+. The molecule has 0 aromatic carbocycles. The highest BCUT2D eigenvalue weighted by atomic mass is 15.1. The van der Waals surface area contributed by atoms with Crippen LogP contribution in [0.2, 0.25) is 0 Å². The third-order valence-electron chi connectivity index (χ3n) is 2.12. The Morgan fingerprint density at radius 3 is 2.57 bits per heavy atom. The third kappa shape index (κ3) is 2.49. The Hall–Kier alpha value is -1.51. The number of H-pyrrole nitrogens is 1. The molecule has 0 unspecified atom stereocenters. The zero-order chi connectivity index (χ0) is 10.7. The Labute approximate surface area is 84.5 Å². The van der Waals surface area contributed by atoms with Gasteiger partial charge in [-0.2, -0.15) is 0 Å². The Kier molecular flexibility index (Phi) is 3.12. The molecule has 1 heterocycles. The summed E-state index contributed by atoms with van der Waals surface area (Å²) >= 11 is 0. The Balaban J connectivity index is 3.06. The predicted octanol–water partition coefficient (Wildman–Crippen LogP) is 0.374. The lowest BCUT2D eigenvalue weighted by atomic mass is 10.3. The van der Waals surface area contributed by atoms with Crippen molar-refractivity contribution < 1.29 is 0 Å². The van der Waals surface area contributed by atoms with Gasteiger partial charge < -0.3 is 9.88 Å². The number of imidazole rings is 1. The molecule has 14 heavy (non-hydrogen) atoms. The fraction of sp³-hybridized carbons (Fsp3) is 0.364. The van der Waals surface area contributed by atoms with Crippen molar-refractivity contribution in [3.63, 3.8) is 0 Å². The molecule has 1 N–H and O–H groups in total. The lowest BCUT2D eigenvalue weighted by molar-refractivity contribution is 0.514. The summed E-state index contributed by atoms with van der Waals surface area (Å²) in [5.41, 5.74) is 1.19. The molecule has 0 saturated carbocycles. The van der Waals surface area contributed by atoms with Gasteiger partial charge in [-0.15, -0.1) is 0 Å². The molecule has 0 aliphatic rings. The Morgan fingerprint density at radius 2 is 2.14 bits per heavy atom. The second-order valence-corrected chi connectivity index (χ2v) is 3.56. The SMILES string of the molecule is C=c1[nH]c(C)n/c1=C/C=C(\C)N(C)C. The average molecular weight is 191 g/mol. The zero-order valence-corrected chi connectivity index (χ0v) is 9.26. The molecular formula is C11H17N3. The van der Waals surface area contributed by atoms with Gasteiger partial charge >= 0.3 is 0 Å². The van der Waals surface area contributed by atoms with Crippen LogP contribution in [0.3, 0.4) is 0 Å². The number of aromatic amines is 1. The van der Waals surface area contributed by atoms with Crippen LogP contribution in [0.15, 0.2) is 11.8 Å². The number of hydrogen-bond acceptors (Lipinski definition) is 2. The number of aryl methyl sites for hydroxylation is 1. The lowest BCUT2D eigenvalue weighted by Crippen LogP contribution is -2.22. The highest BCUT2D eigenvalue weighted by Crippen LogP contribution is 1.94. The fourth-order valence-electron chi connectivity index (χ4n) is 1.04. The van der Waals surface area contributed by atoms with Crippen molar-refractivity contribution in [2.24, 2.45) is 0 Å². The second kappa shape index (κ2) is 4.13. The Morgan fingerprint density at radius 1 is 1.50 bits per heavy atom. The van der Waals surface area contributed by atoms with Crippen molar-refractivity contribution >= 4 is 12.7 Å². The van der Waals surface area contributed by atoms with Crippen LogP contribution in [0.1, 0.15) is 12.7 Å². The van der Waals surface area contributed by atoms with E-state index in [9.17, 15) is 0 Å². The van der Waals surface area contributed by atoms with Crippen molar-refractivity contribution in [2.75, 3.05) is 14.1 Å². The molecule has 3 nitrogen and oxygen atoms in total. The highest BCUT2D eigenvalue weighted by Gasteiger charge is 1.90. The molecule has 0 fully saturated rings. The summed E-state index contributed by atoms with van der Waals surface area (Å²) in [7, 11) is 4.03. The molecule has 1 aromatic rings. The van der Waals surface area contributed by atoms with Crippen molar-refractivity contribution in [2.45, 2.75) is 13.8 Å². The minimum Gasteiger partial charge on any atom is -0.381 e. The zero-order valence-electron chi connectivity index (χ0n) is 9.26. The van der Waals surface area contributed by atoms with E-state index in [-0.39, 0.29) is 0 Å². The first-order valence-corrected chi connectivity index (χ1v) is 4.58. The topological polar surface area (TPSA) is 31.9 Å². The molecule has 0 saturated heterocycles. The minimum absolute atomic E-state index is 0.866. The first-order chi connectivity index (χ1) is 6.50. The van der Waals surface area contributed by atoms with E-state index in [1.165, 1.54) is 5.70 Å². The summed E-state index contributed by atoms with van der Waals surface area (Å²) in [5.74, 6) is 0.900. The number of hydrogen-bond donors (Lipinski definition) is 1. The average Bonchev–Trinajstić information content (AvgIpc) is 2.40. The van der Waals surface area contributed by atoms with E-state index >= 15 is 0 Å². The van der Waals surface area contributed by atoms with E-state index in [4.69, 9.17) is 0 Å². The summed E-state index contributed by atoms with van der Waals surface area (Å²) in [6.07, 6.45) is 4.01. The maximum atomic E-state index is 4.30. The first kappa shape index (κ1) is 10.6. The third-order valence-corrected chi connectivity index (χ3v) is 2.12. The van der Waals surface area contributed by atoms with Crippen molar-refractivity contribution in [3.05, 3.63) is 28.3 Å². The summed E-state index contributed by atoms with van der Waals surface area (Å²) in [5, 5.41) is 1.77. The highest BCUT2D eigenvalue weighted by molar-refractivity contribution is 5.36. The van der Waals surface area contributed by atoms with Crippen LogP contribution in [0.25, 0.3) is 12.7 Å². The summed E-state index contributed by atoms with van der Waals surface area (Å²) in [6, 6.07) is 0.